The maximum atomic E-state index is 11.3. The van der Waals surface area contributed by atoms with Crippen molar-refractivity contribution in [3.05, 3.63) is 24.3 Å². The minimum absolute atomic E-state index is 0.0414. The van der Waals surface area contributed by atoms with Gasteiger partial charge in [0.25, 0.3) is 0 Å². The van der Waals surface area contributed by atoms with E-state index in [-0.39, 0.29) is 18.1 Å². The van der Waals surface area contributed by atoms with Crippen molar-refractivity contribution < 1.29 is 14.7 Å². The van der Waals surface area contributed by atoms with Gasteiger partial charge >= 0.3 is 0 Å². The largest absolute Gasteiger partial charge is 0.381 e. The Kier molecular flexibility index (Phi) is 2.86. The second-order valence-corrected chi connectivity index (χ2v) is 3.53. The lowest BCUT2D eigenvalue weighted by Crippen LogP contribution is -2.34. The fourth-order valence-electron chi connectivity index (χ4n) is 1.08. The minimum Gasteiger partial charge on any atom is -0.381 e. The number of allylic oxidation sites excluding steroid dienone is 2. The predicted molar refractivity (Wildman–Crippen MR) is 51.5 cm³/mol. The molecule has 0 heterocycles. The Bertz CT molecular complexity index is 299. The average molecular weight is 195 g/mol. The first-order chi connectivity index (χ1) is 6.43. The molecule has 4 nitrogen and oxygen atoms in total. The molecular formula is C10H13NO3. The Morgan fingerprint density at radius 1 is 1.43 bits per heavy atom. The van der Waals surface area contributed by atoms with Crippen LogP contribution in [0.4, 0.5) is 0 Å². The molecule has 0 aliphatic heterocycles. The molecule has 1 aliphatic carbocycles. The van der Waals surface area contributed by atoms with Gasteiger partial charge in [0.1, 0.15) is 5.60 Å². The van der Waals surface area contributed by atoms with E-state index in [1.165, 1.54) is 29.2 Å². The van der Waals surface area contributed by atoms with Crippen LogP contribution in [-0.4, -0.2) is 41.4 Å². The van der Waals surface area contributed by atoms with Gasteiger partial charge in [0.05, 0.1) is 6.42 Å². The van der Waals surface area contributed by atoms with Gasteiger partial charge in [0.2, 0.25) is 5.91 Å². The number of carbonyl (C=O) groups excluding carboxylic acids is 2. The summed E-state index contributed by atoms with van der Waals surface area (Å²) in [5.41, 5.74) is -1.31. The van der Waals surface area contributed by atoms with Gasteiger partial charge in [-0.05, 0) is 24.3 Å². The third-order valence-electron chi connectivity index (χ3n) is 2.01. The number of nitrogens with zero attached hydrogens (tertiary/aromatic N) is 1. The number of hydrogen-bond acceptors (Lipinski definition) is 3. The third-order valence-corrected chi connectivity index (χ3v) is 2.01. The van der Waals surface area contributed by atoms with Gasteiger partial charge in [-0.15, -0.1) is 0 Å². The fraction of sp³-hybridized carbons (Fsp3) is 0.400. The molecule has 0 saturated carbocycles. The molecule has 0 aromatic heterocycles. The molecule has 0 bridgehead atoms. The molecule has 0 atom stereocenters. The van der Waals surface area contributed by atoms with Crippen molar-refractivity contribution in [2.45, 2.75) is 12.0 Å². The van der Waals surface area contributed by atoms with E-state index < -0.39 is 5.60 Å². The van der Waals surface area contributed by atoms with Crippen molar-refractivity contribution in [2.24, 2.45) is 0 Å². The van der Waals surface area contributed by atoms with Crippen LogP contribution in [-0.2, 0) is 9.59 Å². The summed E-state index contributed by atoms with van der Waals surface area (Å²) >= 11 is 0. The molecule has 0 spiro atoms. The van der Waals surface area contributed by atoms with Crippen LogP contribution in [0, 0.1) is 0 Å². The van der Waals surface area contributed by atoms with Crippen LogP contribution in [0.15, 0.2) is 24.3 Å². The van der Waals surface area contributed by atoms with Crippen molar-refractivity contribution >= 4 is 11.7 Å². The molecule has 0 fully saturated rings. The van der Waals surface area contributed by atoms with Crippen molar-refractivity contribution in [1.82, 2.24) is 4.90 Å². The summed E-state index contributed by atoms with van der Waals surface area (Å²) in [5.74, 6) is -0.358. The molecular weight excluding hydrogens is 182 g/mol. The SMILES string of the molecule is CN(C)C(=O)CC1(O)C=CC(=O)C=C1. The summed E-state index contributed by atoms with van der Waals surface area (Å²) in [7, 11) is 3.24. The third kappa shape index (κ3) is 2.53. The minimum atomic E-state index is -1.31. The summed E-state index contributed by atoms with van der Waals surface area (Å²) in [4.78, 5) is 23.5. The van der Waals surface area contributed by atoms with Crippen LogP contribution in [0.25, 0.3) is 0 Å². The lowest BCUT2D eigenvalue weighted by Gasteiger charge is -2.23. The van der Waals surface area contributed by atoms with E-state index in [9.17, 15) is 14.7 Å². The van der Waals surface area contributed by atoms with Crippen LogP contribution < -0.4 is 0 Å². The Balaban J connectivity index is 2.69. The highest BCUT2D eigenvalue weighted by atomic mass is 16.3. The number of carbonyl (C=O) groups is 2. The normalized spacial score (nSPS) is 18.4. The summed E-state index contributed by atoms with van der Waals surface area (Å²) in [6.45, 7) is 0. The highest BCUT2D eigenvalue weighted by Gasteiger charge is 2.27. The highest BCUT2D eigenvalue weighted by molar-refractivity contribution is 6.00. The Morgan fingerprint density at radius 3 is 2.36 bits per heavy atom. The van der Waals surface area contributed by atoms with Gasteiger partial charge in [0.15, 0.2) is 5.78 Å². The van der Waals surface area contributed by atoms with Crippen LogP contribution >= 0.6 is 0 Å². The van der Waals surface area contributed by atoms with E-state index in [2.05, 4.69) is 0 Å². The monoisotopic (exact) mass is 195 g/mol. The van der Waals surface area contributed by atoms with Crippen molar-refractivity contribution in [3.8, 4) is 0 Å². The topological polar surface area (TPSA) is 57.6 Å². The molecule has 0 saturated heterocycles. The molecule has 1 amide bonds. The van der Waals surface area contributed by atoms with Gasteiger partial charge in [-0.25, -0.2) is 0 Å². The smallest absolute Gasteiger partial charge is 0.225 e. The summed E-state index contributed by atoms with van der Waals surface area (Å²) in [6.07, 6.45) is 5.18. The highest BCUT2D eigenvalue weighted by Crippen LogP contribution is 2.18. The quantitative estimate of drug-likeness (QED) is 0.669. The number of amides is 1. The van der Waals surface area contributed by atoms with Gasteiger partial charge in [0, 0.05) is 14.1 Å². The number of rotatable bonds is 2. The summed E-state index contributed by atoms with van der Waals surface area (Å²) in [5, 5.41) is 9.84. The van der Waals surface area contributed by atoms with E-state index >= 15 is 0 Å². The molecule has 1 aliphatic rings. The van der Waals surface area contributed by atoms with E-state index in [0.717, 1.165) is 0 Å². The zero-order valence-corrected chi connectivity index (χ0v) is 8.23. The van der Waals surface area contributed by atoms with Gasteiger partial charge in [-0.1, -0.05) is 0 Å². The maximum absolute atomic E-state index is 11.3. The molecule has 1 rings (SSSR count). The first-order valence-electron chi connectivity index (χ1n) is 4.28. The molecule has 0 unspecified atom stereocenters. The average Bonchev–Trinajstić information content (AvgIpc) is 2.10. The number of hydrogen-bond donors (Lipinski definition) is 1. The molecule has 14 heavy (non-hydrogen) atoms. The lowest BCUT2D eigenvalue weighted by molar-refractivity contribution is -0.131. The fourth-order valence-corrected chi connectivity index (χ4v) is 1.08. The van der Waals surface area contributed by atoms with Gasteiger partial charge in [-0.2, -0.15) is 0 Å². The van der Waals surface area contributed by atoms with Crippen LogP contribution in [0.5, 0.6) is 0 Å². The second-order valence-electron chi connectivity index (χ2n) is 3.53. The molecule has 0 aromatic carbocycles. The standard InChI is InChI=1S/C10H13NO3/c1-11(2)9(13)7-10(14)5-3-8(12)4-6-10/h3-6,14H,7H2,1-2H3. The predicted octanol–water partition coefficient (Wildman–Crippen LogP) is -0.109. The van der Waals surface area contributed by atoms with E-state index in [1.807, 2.05) is 0 Å². The van der Waals surface area contributed by atoms with E-state index in [1.54, 1.807) is 14.1 Å². The van der Waals surface area contributed by atoms with Gasteiger partial charge < -0.3 is 10.0 Å². The molecule has 1 N–H and O–H groups in total. The number of ketones is 1. The van der Waals surface area contributed by atoms with Crippen molar-refractivity contribution in [2.75, 3.05) is 14.1 Å². The maximum Gasteiger partial charge on any atom is 0.225 e. The first kappa shape index (κ1) is 10.7. The molecule has 76 valence electrons. The molecule has 0 aromatic rings. The van der Waals surface area contributed by atoms with E-state index in [4.69, 9.17) is 0 Å². The van der Waals surface area contributed by atoms with Crippen LogP contribution in [0.3, 0.4) is 0 Å². The molecule has 0 radical (unpaired) electrons. The van der Waals surface area contributed by atoms with Crippen LogP contribution in [0.2, 0.25) is 0 Å². The summed E-state index contributed by atoms with van der Waals surface area (Å²) < 4.78 is 0. The Labute approximate surface area is 82.5 Å². The zero-order chi connectivity index (χ0) is 10.8. The Hall–Kier alpha value is -1.42. The summed E-state index contributed by atoms with van der Waals surface area (Å²) in [6, 6.07) is 0. The van der Waals surface area contributed by atoms with E-state index in [0.29, 0.717) is 0 Å². The first-order valence-corrected chi connectivity index (χ1v) is 4.28. The second kappa shape index (κ2) is 3.75. The van der Waals surface area contributed by atoms with Crippen molar-refractivity contribution in [1.29, 1.82) is 0 Å². The lowest BCUT2D eigenvalue weighted by atomic mass is 9.93. The molecule has 4 heteroatoms. The van der Waals surface area contributed by atoms with Crippen molar-refractivity contribution in [3.63, 3.8) is 0 Å². The van der Waals surface area contributed by atoms with Crippen LogP contribution in [0.1, 0.15) is 6.42 Å². The Morgan fingerprint density at radius 2 is 1.93 bits per heavy atom. The number of aliphatic hydroxyl groups is 1. The zero-order valence-electron chi connectivity index (χ0n) is 8.23. The van der Waals surface area contributed by atoms with Gasteiger partial charge in [-0.3, -0.25) is 9.59 Å².